The third-order valence-corrected chi connectivity index (χ3v) is 2.90. The van der Waals surface area contributed by atoms with E-state index in [0.717, 1.165) is 0 Å². The first-order valence-electron chi connectivity index (χ1n) is 4.75. The van der Waals surface area contributed by atoms with Gasteiger partial charge in [-0.2, -0.15) is 0 Å². The van der Waals surface area contributed by atoms with Crippen molar-refractivity contribution in [3.8, 4) is 0 Å². The van der Waals surface area contributed by atoms with Crippen LogP contribution in [0.15, 0.2) is 30.3 Å². The Morgan fingerprint density at radius 1 is 1.38 bits per heavy atom. The Morgan fingerprint density at radius 2 is 2.00 bits per heavy atom. The van der Waals surface area contributed by atoms with Crippen molar-refractivity contribution in [2.45, 2.75) is 13.1 Å². The standard InChI is InChI=1S/C10H13O5P/c1-2-14-10(11)15-16(12,13)8-9-6-4-3-5-7-9/h3-7H,2,8H2,1H3,(H,12,13). The average Bonchev–Trinajstić information content (AvgIpc) is 2.17. The lowest BCUT2D eigenvalue weighted by molar-refractivity contribution is 0.0996. The Bertz CT molecular complexity index is 389. The van der Waals surface area contributed by atoms with Crippen molar-refractivity contribution >= 4 is 13.8 Å². The van der Waals surface area contributed by atoms with Gasteiger partial charge in [-0.15, -0.1) is 0 Å². The number of carbonyl (C=O) groups excluding carboxylic acids is 1. The van der Waals surface area contributed by atoms with Crippen molar-refractivity contribution < 1.29 is 23.5 Å². The minimum Gasteiger partial charge on any atom is -0.434 e. The maximum Gasteiger partial charge on any atom is 0.514 e. The van der Waals surface area contributed by atoms with Gasteiger partial charge in [0.1, 0.15) is 0 Å². The van der Waals surface area contributed by atoms with E-state index < -0.39 is 13.8 Å². The second kappa shape index (κ2) is 5.68. The van der Waals surface area contributed by atoms with Gasteiger partial charge < -0.3 is 14.2 Å². The Balaban J connectivity index is 2.58. The van der Waals surface area contributed by atoms with Crippen molar-refractivity contribution in [3.05, 3.63) is 35.9 Å². The molecule has 1 atom stereocenters. The predicted octanol–water partition coefficient (Wildman–Crippen LogP) is 2.55. The average molecular weight is 244 g/mol. The summed E-state index contributed by atoms with van der Waals surface area (Å²) in [4.78, 5) is 20.3. The highest BCUT2D eigenvalue weighted by Gasteiger charge is 2.25. The monoisotopic (exact) mass is 244 g/mol. The molecule has 0 saturated carbocycles. The Labute approximate surface area is 93.5 Å². The van der Waals surface area contributed by atoms with Gasteiger partial charge in [0.25, 0.3) is 0 Å². The SMILES string of the molecule is CCOC(=O)OP(=O)(O)Cc1ccccc1. The van der Waals surface area contributed by atoms with Gasteiger partial charge in [-0.1, -0.05) is 30.3 Å². The predicted molar refractivity (Wildman–Crippen MR) is 58.1 cm³/mol. The Morgan fingerprint density at radius 3 is 2.56 bits per heavy atom. The van der Waals surface area contributed by atoms with E-state index in [2.05, 4.69) is 9.26 Å². The highest BCUT2D eigenvalue weighted by molar-refractivity contribution is 7.52. The van der Waals surface area contributed by atoms with Crippen LogP contribution in [0.1, 0.15) is 12.5 Å². The Kier molecular flexibility index (Phi) is 4.52. The lowest BCUT2D eigenvalue weighted by atomic mass is 10.2. The molecular formula is C10H13O5P. The zero-order valence-electron chi connectivity index (χ0n) is 8.83. The molecule has 0 amide bonds. The minimum absolute atomic E-state index is 0.101. The van der Waals surface area contributed by atoms with E-state index in [-0.39, 0.29) is 12.8 Å². The van der Waals surface area contributed by atoms with Gasteiger partial charge in [-0.05, 0) is 12.5 Å². The second-order valence-electron chi connectivity index (χ2n) is 3.06. The van der Waals surface area contributed by atoms with Gasteiger partial charge >= 0.3 is 13.8 Å². The van der Waals surface area contributed by atoms with Gasteiger partial charge in [0.2, 0.25) is 0 Å². The highest BCUT2D eigenvalue weighted by atomic mass is 31.2. The van der Waals surface area contributed by atoms with Gasteiger partial charge in [0, 0.05) is 0 Å². The van der Waals surface area contributed by atoms with Crippen LogP contribution in [0.25, 0.3) is 0 Å². The topological polar surface area (TPSA) is 72.8 Å². The molecule has 5 nitrogen and oxygen atoms in total. The Hall–Kier alpha value is -1.32. The molecule has 88 valence electrons. The lowest BCUT2D eigenvalue weighted by Gasteiger charge is -2.11. The molecule has 0 bridgehead atoms. The van der Waals surface area contributed by atoms with Crippen LogP contribution in [0.2, 0.25) is 0 Å². The summed E-state index contributed by atoms with van der Waals surface area (Å²) in [6.07, 6.45) is -1.34. The molecule has 0 aliphatic rings. The van der Waals surface area contributed by atoms with Crippen molar-refractivity contribution in [1.82, 2.24) is 0 Å². The van der Waals surface area contributed by atoms with Crippen LogP contribution in [-0.2, 0) is 20.0 Å². The first-order chi connectivity index (χ1) is 7.53. The fourth-order valence-corrected chi connectivity index (χ4v) is 2.13. The van der Waals surface area contributed by atoms with Crippen LogP contribution >= 0.6 is 7.60 Å². The fourth-order valence-electron chi connectivity index (χ4n) is 1.11. The van der Waals surface area contributed by atoms with Gasteiger partial charge in [-0.3, -0.25) is 0 Å². The van der Waals surface area contributed by atoms with Gasteiger partial charge in [-0.25, -0.2) is 9.36 Å². The van der Waals surface area contributed by atoms with E-state index in [0.29, 0.717) is 5.56 Å². The third kappa shape index (κ3) is 4.47. The van der Waals surface area contributed by atoms with E-state index in [4.69, 9.17) is 0 Å². The molecule has 0 aliphatic heterocycles. The molecule has 1 N–H and O–H groups in total. The summed E-state index contributed by atoms with van der Waals surface area (Å²) in [5, 5.41) is 0. The van der Waals surface area contributed by atoms with Crippen LogP contribution in [0.4, 0.5) is 4.79 Å². The first kappa shape index (κ1) is 12.7. The van der Waals surface area contributed by atoms with Crippen LogP contribution < -0.4 is 0 Å². The molecule has 6 heteroatoms. The van der Waals surface area contributed by atoms with E-state index in [1.54, 1.807) is 37.3 Å². The smallest absolute Gasteiger partial charge is 0.434 e. The van der Waals surface area contributed by atoms with Gasteiger partial charge in [0.05, 0.1) is 12.8 Å². The third-order valence-electron chi connectivity index (χ3n) is 1.70. The molecular weight excluding hydrogens is 231 g/mol. The maximum atomic E-state index is 11.5. The number of hydrogen-bond acceptors (Lipinski definition) is 4. The first-order valence-corrected chi connectivity index (χ1v) is 6.52. The number of hydrogen-bond donors (Lipinski definition) is 1. The molecule has 0 aliphatic carbocycles. The summed E-state index contributed by atoms with van der Waals surface area (Å²) in [5.41, 5.74) is 0.623. The van der Waals surface area contributed by atoms with Crippen LogP contribution in [0.5, 0.6) is 0 Å². The fraction of sp³-hybridized carbons (Fsp3) is 0.300. The van der Waals surface area contributed by atoms with Crippen molar-refractivity contribution in [2.75, 3.05) is 6.61 Å². The van der Waals surface area contributed by atoms with E-state index in [1.807, 2.05) is 0 Å². The lowest BCUT2D eigenvalue weighted by Crippen LogP contribution is -2.06. The summed E-state index contributed by atoms with van der Waals surface area (Å²) in [5.74, 6) is 0. The number of rotatable bonds is 4. The van der Waals surface area contributed by atoms with Crippen molar-refractivity contribution in [1.29, 1.82) is 0 Å². The zero-order chi connectivity index (χ0) is 12.0. The maximum absolute atomic E-state index is 11.5. The summed E-state index contributed by atoms with van der Waals surface area (Å²) < 4.78 is 20.3. The highest BCUT2D eigenvalue weighted by Crippen LogP contribution is 2.45. The van der Waals surface area contributed by atoms with E-state index in [9.17, 15) is 14.3 Å². The molecule has 16 heavy (non-hydrogen) atoms. The number of benzene rings is 1. The summed E-state index contributed by atoms with van der Waals surface area (Å²) in [7, 11) is -3.97. The molecule has 0 aromatic heterocycles. The summed E-state index contributed by atoms with van der Waals surface area (Å²) in [6.45, 7) is 1.69. The van der Waals surface area contributed by atoms with Crippen LogP contribution in [0, 0.1) is 0 Å². The van der Waals surface area contributed by atoms with Crippen LogP contribution in [0.3, 0.4) is 0 Å². The van der Waals surface area contributed by atoms with Crippen LogP contribution in [-0.4, -0.2) is 17.7 Å². The second-order valence-corrected chi connectivity index (χ2v) is 4.83. The molecule has 0 spiro atoms. The molecule has 1 aromatic rings. The quantitative estimate of drug-likeness (QED) is 0.650. The summed E-state index contributed by atoms with van der Waals surface area (Å²) in [6, 6.07) is 8.62. The van der Waals surface area contributed by atoms with Crippen molar-refractivity contribution in [2.24, 2.45) is 0 Å². The molecule has 1 aromatic carbocycles. The molecule has 1 unspecified atom stereocenters. The molecule has 1 rings (SSSR count). The summed E-state index contributed by atoms with van der Waals surface area (Å²) >= 11 is 0. The molecule has 0 fully saturated rings. The normalized spacial score (nSPS) is 13.9. The minimum atomic E-state index is -3.97. The van der Waals surface area contributed by atoms with Gasteiger partial charge in [0.15, 0.2) is 0 Å². The zero-order valence-corrected chi connectivity index (χ0v) is 9.72. The number of ether oxygens (including phenoxy) is 1. The number of carbonyl (C=O) groups is 1. The molecule has 0 heterocycles. The van der Waals surface area contributed by atoms with E-state index >= 15 is 0 Å². The molecule has 0 radical (unpaired) electrons. The van der Waals surface area contributed by atoms with E-state index in [1.165, 1.54) is 0 Å². The van der Waals surface area contributed by atoms with Crippen molar-refractivity contribution in [3.63, 3.8) is 0 Å². The largest absolute Gasteiger partial charge is 0.514 e. The molecule has 0 saturated heterocycles.